The Morgan fingerprint density at radius 2 is 1.95 bits per heavy atom. The number of amides is 2. The predicted octanol–water partition coefficient (Wildman–Crippen LogP) is 2.51. The largest absolute Gasteiger partial charge is 0.355 e. The second-order valence-corrected chi connectivity index (χ2v) is 6.02. The fourth-order valence-corrected chi connectivity index (χ4v) is 2.42. The van der Waals surface area contributed by atoms with Crippen LogP contribution in [0.2, 0.25) is 0 Å². The van der Waals surface area contributed by atoms with Crippen LogP contribution in [0.1, 0.15) is 19.8 Å². The van der Waals surface area contributed by atoms with Gasteiger partial charge in [-0.3, -0.25) is 9.59 Å². The number of rotatable bonds is 6. The Hall–Kier alpha value is -1.49. The van der Waals surface area contributed by atoms with Gasteiger partial charge in [0.15, 0.2) is 0 Å². The first-order valence-electron chi connectivity index (χ1n) is 6.81. The van der Waals surface area contributed by atoms with Crippen molar-refractivity contribution in [3.05, 3.63) is 24.3 Å². The highest BCUT2D eigenvalue weighted by Gasteiger charge is 2.38. The summed E-state index contributed by atoms with van der Waals surface area (Å²) in [6, 6.07) is 7.70. The van der Waals surface area contributed by atoms with Crippen LogP contribution in [0.25, 0.3) is 0 Å². The smallest absolute Gasteiger partial charge is 0.226 e. The van der Waals surface area contributed by atoms with Crippen LogP contribution in [-0.4, -0.2) is 24.6 Å². The van der Waals surface area contributed by atoms with Gasteiger partial charge in [-0.05, 0) is 42.9 Å². The molecule has 108 valence electrons. The molecule has 0 heterocycles. The van der Waals surface area contributed by atoms with Gasteiger partial charge >= 0.3 is 0 Å². The minimum absolute atomic E-state index is 0.0777. The lowest BCUT2D eigenvalue weighted by atomic mass is 10.3. The Bertz CT molecular complexity index is 487. The second-order valence-electron chi connectivity index (χ2n) is 5.14. The molecule has 2 rings (SSSR count). The molecule has 0 saturated heterocycles. The first kappa shape index (κ1) is 14.9. The molecule has 0 spiro atoms. The molecule has 0 radical (unpaired) electrons. The van der Waals surface area contributed by atoms with Gasteiger partial charge in [-0.25, -0.2) is 0 Å². The Morgan fingerprint density at radius 1 is 1.30 bits per heavy atom. The molecule has 1 saturated carbocycles. The molecule has 1 aromatic carbocycles. The zero-order valence-electron chi connectivity index (χ0n) is 11.8. The van der Waals surface area contributed by atoms with E-state index in [4.69, 9.17) is 0 Å². The van der Waals surface area contributed by atoms with Crippen molar-refractivity contribution in [1.82, 2.24) is 5.32 Å². The SMILES string of the molecule is CSc1ccc(NC(=O)CCNC(=O)[C@@H]2C[C@@H]2C)cc1. The van der Waals surface area contributed by atoms with Gasteiger partial charge in [0.05, 0.1) is 0 Å². The van der Waals surface area contributed by atoms with Crippen molar-refractivity contribution in [2.45, 2.75) is 24.7 Å². The Labute approximate surface area is 123 Å². The van der Waals surface area contributed by atoms with Crippen LogP contribution in [0.15, 0.2) is 29.2 Å². The molecule has 20 heavy (non-hydrogen) atoms. The summed E-state index contributed by atoms with van der Waals surface area (Å²) in [6.45, 7) is 2.46. The van der Waals surface area contributed by atoms with E-state index in [1.54, 1.807) is 11.8 Å². The lowest BCUT2D eigenvalue weighted by Gasteiger charge is -2.07. The van der Waals surface area contributed by atoms with Gasteiger partial charge in [-0.1, -0.05) is 6.92 Å². The molecule has 1 aliphatic carbocycles. The maximum atomic E-state index is 11.7. The second kappa shape index (κ2) is 6.79. The van der Waals surface area contributed by atoms with Crippen LogP contribution in [0.3, 0.4) is 0 Å². The number of nitrogens with one attached hydrogen (secondary N) is 2. The standard InChI is InChI=1S/C15H20N2O2S/c1-10-9-13(10)15(19)16-8-7-14(18)17-11-3-5-12(20-2)6-4-11/h3-6,10,13H,7-9H2,1-2H3,(H,16,19)(H,17,18)/t10-,13+/m0/s1. The Balaban J connectivity index is 1.68. The molecule has 2 N–H and O–H groups in total. The third-order valence-corrected chi connectivity index (χ3v) is 4.21. The van der Waals surface area contributed by atoms with Crippen molar-refractivity contribution in [3.63, 3.8) is 0 Å². The van der Waals surface area contributed by atoms with Gasteiger partial charge in [-0.2, -0.15) is 0 Å². The molecule has 0 bridgehead atoms. The summed E-state index contributed by atoms with van der Waals surface area (Å²) in [5.74, 6) is 0.664. The van der Waals surface area contributed by atoms with Crippen molar-refractivity contribution in [2.75, 3.05) is 18.1 Å². The number of hydrogen-bond acceptors (Lipinski definition) is 3. The fourth-order valence-electron chi connectivity index (χ4n) is 2.02. The molecule has 2 atom stereocenters. The van der Waals surface area contributed by atoms with Crippen LogP contribution in [0.5, 0.6) is 0 Å². The molecule has 2 amide bonds. The van der Waals surface area contributed by atoms with Crippen LogP contribution in [0.4, 0.5) is 5.69 Å². The van der Waals surface area contributed by atoms with Gasteiger partial charge in [-0.15, -0.1) is 11.8 Å². The van der Waals surface area contributed by atoms with Crippen LogP contribution in [-0.2, 0) is 9.59 Å². The van der Waals surface area contributed by atoms with E-state index in [9.17, 15) is 9.59 Å². The lowest BCUT2D eigenvalue weighted by Crippen LogP contribution is -2.29. The summed E-state index contributed by atoms with van der Waals surface area (Å²) in [6.07, 6.45) is 3.29. The molecule has 1 fully saturated rings. The monoisotopic (exact) mass is 292 g/mol. The first-order chi connectivity index (χ1) is 9.60. The van der Waals surface area contributed by atoms with Gasteiger partial charge in [0, 0.05) is 29.5 Å². The first-order valence-corrected chi connectivity index (χ1v) is 8.04. The summed E-state index contributed by atoms with van der Waals surface area (Å²) in [5, 5.41) is 5.63. The maximum Gasteiger partial charge on any atom is 0.226 e. The van der Waals surface area contributed by atoms with Crippen LogP contribution in [0, 0.1) is 11.8 Å². The molecule has 0 aromatic heterocycles. The minimum atomic E-state index is -0.0777. The van der Waals surface area contributed by atoms with E-state index in [0.29, 0.717) is 18.9 Å². The van der Waals surface area contributed by atoms with E-state index in [-0.39, 0.29) is 17.7 Å². The third kappa shape index (κ3) is 4.27. The molecular weight excluding hydrogens is 272 g/mol. The highest BCUT2D eigenvalue weighted by atomic mass is 32.2. The minimum Gasteiger partial charge on any atom is -0.355 e. The number of carbonyl (C=O) groups excluding carboxylic acids is 2. The van der Waals surface area contributed by atoms with E-state index < -0.39 is 0 Å². The average molecular weight is 292 g/mol. The zero-order chi connectivity index (χ0) is 14.5. The van der Waals surface area contributed by atoms with E-state index in [1.807, 2.05) is 30.5 Å². The summed E-state index contributed by atoms with van der Waals surface area (Å²) >= 11 is 1.66. The van der Waals surface area contributed by atoms with Crippen molar-refractivity contribution < 1.29 is 9.59 Å². The van der Waals surface area contributed by atoms with Crippen molar-refractivity contribution in [2.24, 2.45) is 11.8 Å². The average Bonchev–Trinajstić information content (AvgIpc) is 3.17. The van der Waals surface area contributed by atoms with Crippen molar-refractivity contribution >= 4 is 29.3 Å². The van der Waals surface area contributed by atoms with E-state index in [2.05, 4.69) is 17.6 Å². The van der Waals surface area contributed by atoms with Crippen molar-refractivity contribution in [1.29, 1.82) is 0 Å². The molecule has 5 heteroatoms. The Morgan fingerprint density at radius 3 is 2.50 bits per heavy atom. The zero-order valence-corrected chi connectivity index (χ0v) is 12.6. The highest BCUT2D eigenvalue weighted by Crippen LogP contribution is 2.37. The number of anilines is 1. The van der Waals surface area contributed by atoms with E-state index >= 15 is 0 Å². The number of hydrogen-bond donors (Lipinski definition) is 2. The van der Waals surface area contributed by atoms with Crippen LogP contribution < -0.4 is 10.6 Å². The number of carbonyl (C=O) groups is 2. The Kier molecular flexibility index (Phi) is 5.06. The van der Waals surface area contributed by atoms with Gasteiger partial charge in [0.2, 0.25) is 11.8 Å². The third-order valence-electron chi connectivity index (χ3n) is 3.47. The summed E-state index contributed by atoms with van der Waals surface area (Å²) in [4.78, 5) is 24.5. The van der Waals surface area contributed by atoms with Crippen molar-refractivity contribution in [3.8, 4) is 0 Å². The van der Waals surface area contributed by atoms with Crippen LogP contribution >= 0.6 is 11.8 Å². The molecular formula is C15H20N2O2S. The number of thioether (sulfide) groups is 1. The molecule has 0 aliphatic heterocycles. The molecule has 0 unspecified atom stereocenters. The van der Waals surface area contributed by atoms with Gasteiger partial charge < -0.3 is 10.6 Å². The van der Waals surface area contributed by atoms with E-state index in [0.717, 1.165) is 17.0 Å². The normalized spacial score (nSPS) is 20.3. The van der Waals surface area contributed by atoms with Gasteiger partial charge in [0.25, 0.3) is 0 Å². The predicted molar refractivity (Wildman–Crippen MR) is 81.8 cm³/mol. The lowest BCUT2D eigenvalue weighted by molar-refractivity contribution is -0.122. The summed E-state index contributed by atoms with van der Waals surface area (Å²) in [7, 11) is 0. The molecule has 1 aliphatic rings. The quantitative estimate of drug-likeness (QED) is 0.792. The molecule has 1 aromatic rings. The maximum absolute atomic E-state index is 11.7. The van der Waals surface area contributed by atoms with Gasteiger partial charge in [0.1, 0.15) is 0 Å². The fraction of sp³-hybridized carbons (Fsp3) is 0.467. The topological polar surface area (TPSA) is 58.2 Å². The van der Waals surface area contributed by atoms with E-state index in [1.165, 1.54) is 0 Å². The summed E-state index contributed by atoms with van der Waals surface area (Å²) in [5.41, 5.74) is 0.787. The molecule has 4 nitrogen and oxygen atoms in total. The highest BCUT2D eigenvalue weighted by molar-refractivity contribution is 7.98. The summed E-state index contributed by atoms with van der Waals surface area (Å²) < 4.78 is 0. The number of benzene rings is 1.